The highest BCUT2D eigenvalue weighted by Crippen LogP contribution is 2.02. The fourth-order valence-electron chi connectivity index (χ4n) is 1.13. The molecule has 0 atom stereocenters. The average molecular weight is 200 g/mol. The van der Waals surface area contributed by atoms with E-state index >= 15 is 0 Å². The van der Waals surface area contributed by atoms with Gasteiger partial charge in [-0.05, 0) is 13.0 Å². The average Bonchev–Trinajstić information content (AvgIpc) is 2.29. The van der Waals surface area contributed by atoms with E-state index in [4.69, 9.17) is 0 Å². The highest BCUT2D eigenvalue weighted by atomic mass is 16.1. The summed E-state index contributed by atoms with van der Waals surface area (Å²) >= 11 is 0. The lowest BCUT2D eigenvalue weighted by Gasteiger charge is -1.98. The smallest absolute Gasteiger partial charge is 0.231 e. The van der Waals surface area contributed by atoms with Crippen molar-refractivity contribution in [3.05, 3.63) is 48.1 Å². The van der Waals surface area contributed by atoms with Crippen molar-refractivity contribution in [2.24, 2.45) is 0 Å². The molecule has 2 rings (SSSR count). The Labute approximate surface area is 86.3 Å². The number of rotatable bonds is 2. The number of hydrogen-bond acceptors (Lipinski definition) is 5. The van der Waals surface area contributed by atoms with Crippen LogP contribution in [0.3, 0.4) is 0 Å². The zero-order valence-corrected chi connectivity index (χ0v) is 8.08. The standard InChI is InChI=1S/C10H8N4O/c1-7-12-3-2-8(14-7)10(15)9-6-11-4-5-13-9/h2-6H,1H3. The van der Waals surface area contributed by atoms with Crippen molar-refractivity contribution in [3.8, 4) is 0 Å². The number of carbonyl (C=O) groups excluding carboxylic acids is 1. The van der Waals surface area contributed by atoms with Crippen LogP contribution >= 0.6 is 0 Å². The minimum atomic E-state index is -0.242. The molecule has 0 saturated heterocycles. The third-order valence-electron chi connectivity index (χ3n) is 1.80. The van der Waals surface area contributed by atoms with E-state index in [2.05, 4.69) is 19.9 Å². The molecule has 0 fully saturated rings. The van der Waals surface area contributed by atoms with E-state index in [0.29, 0.717) is 11.5 Å². The van der Waals surface area contributed by atoms with Crippen molar-refractivity contribution in [1.82, 2.24) is 19.9 Å². The highest BCUT2D eigenvalue weighted by molar-refractivity contribution is 6.06. The predicted octanol–water partition coefficient (Wildman–Crippen LogP) is 0.806. The van der Waals surface area contributed by atoms with E-state index in [9.17, 15) is 4.79 Å². The minimum absolute atomic E-state index is 0.242. The molecule has 74 valence electrons. The number of aryl methyl sites for hydroxylation is 1. The largest absolute Gasteiger partial charge is 0.285 e. The van der Waals surface area contributed by atoms with Crippen LogP contribution in [0.2, 0.25) is 0 Å². The van der Waals surface area contributed by atoms with Gasteiger partial charge in [-0.2, -0.15) is 0 Å². The highest BCUT2D eigenvalue weighted by Gasteiger charge is 2.11. The van der Waals surface area contributed by atoms with Gasteiger partial charge in [0.1, 0.15) is 17.2 Å². The summed E-state index contributed by atoms with van der Waals surface area (Å²) in [5.41, 5.74) is 0.624. The lowest BCUT2D eigenvalue weighted by atomic mass is 10.2. The summed E-state index contributed by atoms with van der Waals surface area (Å²) in [6, 6.07) is 1.56. The van der Waals surface area contributed by atoms with Crippen LogP contribution < -0.4 is 0 Å². The summed E-state index contributed by atoms with van der Waals surface area (Å²) in [5, 5.41) is 0. The first kappa shape index (κ1) is 9.39. The van der Waals surface area contributed by atoms with E-state index in [-0.39, 0.29) is 11.5 Å². The van der Waals surface area contributed by atoms with Crippen molar-refractivity contribution in [1.29, 1.82) is 0 Å². The molecule has 2 aromatic heterocycles. The molecule has 0 N–H and O–H groups in total. The van der Waals surface area contributed by atoms with Gasteiger partial charge in [0.05, 0.1) is 6.20 Å². The van der Waals surface area contributed by atoms with Crippen molar-refractivity contribution in [3.63, 3.8) is 0 Å². The van der Waals surface area contributed by atoms with Gasteiger partial charge in [-0.3, -0.25) is 9.78 Å². The molecule has 2 aromatic rings. The molecule has 2 heterocycles. The number of hydrogen-bond donors (Lipinski definition) is 0. The number of aromatic nitrogens is 4. The Morgan fingerprint density at radius 3 is 2.67 bits per heavy atom. The number of ketones is 1. The van der Waals surface area contributed by atoms with Crippen molar-refractivity contribution < 1.29 is 4.79 Å². The van der Waals surface area contributed by atoms with Crippen LogP contribution in [0.1, 0.15) is 22.0 Å². The van der Waals surface area contributed by atoms with Gasteiger partial charge in [-0.15, -0.1) is 0 Å². The Balaban J connectivity index is 2.37. The topological polar surface area (TPSA) is 68.6 Å². The van der Waals surface area contributed by atoms with Crippen LogP contribution in [0.25, 0.3) is 0 Å². The van der Waals surface area contributed by atoms with Gasteiger partial charge in [0.25, 0.3) is 0 Å². The summed E-state index contributed by atoms with van der Waals surface area (Å²) in [5.74, 6) is 0.318. The van der Waals surface area contributed by atoms with Crippen LogP contribution in [0.4, 0.5) is 0 Å². The summed E-state index contributed by atoms with van der Waals surface area (Å²) in [6.45, 7) is 1.73. The van der Waals surface area contributed by atoms with Crippen LogP contribution in [0.5, 0.6) is 0 Å². The molecular weight excluding hydrogens is 192 g/mol. The third kappa shape index (κ3) is 2.01. The van der Waals surface area contributed by atoms with Gasteiger partial charge in [0, 0.05) is 18.6 Å². The van der Waals surface area contributed by atoms with E-state index < -0.39 is 0 Å². The first-order valence-corrected chi connectivity index (χ1v) is 4.38. The normalized spacial score (nSPS) is 9.93. The Bertz CT molecular complexity index is 484. The summed E-state index contributed by atoms with van der Waals surface area (Å²) in [7, 11) is 0. The summed E-state index contributed by atoms with van der Waals surface area (Å²) in [4.78, 5) is 27.5. The Morgan fingerprint density at radius 2 is 2.00 bits per heavy atom. The van der Waals surface area contributed by atoms with Crippen LogP contribution in [0, 0.1) is 6.92 Å². The zero-order valence-electron chi connectivity index (χ0n) is 8.08. The summed E-state index contributed by atoms with van der Waals surface area (Å²) < 4.78 is 0. The molecule has 0 unspecified atom stereocenters. The molecule has 0 radical (unpaired) electrons. The van der Waals surface area contributed by atoms with Crippen molar-refractivity contribution in [2.45, 2.75) is 6.92 Å². The third-order valence-corrected chi connectivity index (χ3v) is 1.80. The second kappa shape index (κ2) is 3.91. The Morgan fingerprint density at radius 1 is 1.13 bits per heavy atom. The zero-order chi connectivity index (χ0) is 10.7. The van der Waals surface area contributed by atoms with Crippen molar-refractivity contribution >= 4 is 5.78 Å². The lowest BCUT2D eigenvalue weighted by molar-refractivity contribution is 0.102. The maximum Gasteiger partial charge on any atom is 0.231 e. The first-order chi connectivity index (χ1) is 7.27. The lowest BCUT2D eigenvalue weighted by Crippen LogP contribution is -2.07. The molecular formula is C10H8N4O. The Hall–Kier alpha value is -2.17. The maximum atomic E-state index is 11.8. The minimum Gasteiger partial charge on any atom is -0.285 e. The summed E-state index contributed by atoms with van der Waals surface area (Å²) in [6.07, 6.45) is 5.95. The predicted molar refractivity (Wildman–Crippen MR) is 52.2 cm³/mol. The van der Waals surface area contributed by atoms with Gasteiger partial charge in [0.2, 0.25) is 5.78 Å². The molecule has 0 aliphatic rings. The van der Waals surface area contributed by atoms with Crippen LogP contribution in [0.15, 0.2) is 30.9 Å². The monoisotopic (exact) mass is 200 g/mol. The molecule has 0 aliphatic carbocycles. The van der Waals surface area contributed by atoms with E-state index in [1.165, 1.54) is 18.6 Å². The molecule has 0 saturated carbocycles. The van der Waals surface area contributed by atoms with Gasteiger partial charge >= 0.3 is 0 Å². The fourth-order valence-corrected chi connectivity index (χ4v) is 1.13. The van der Waals surface area contributed by atoms with Crippen LogP contribution in [-0.4, -0.2) is 25.7 Å². The first-order valence-electron chi connectivity index (χ1n) is 4.38. The molecule has 0 aliphatic heterocycles. The molecule has 0 aromatic carbocycles. The molecule has 15 heavy (non-hydrogen) atoms. The maximum absolute atomic E-state index is 11.8. The molecule has 0 amide bonds. The Kier molecular flexibility index (Phi) is 2.45. The van der Waals surface area contributed by atoms with Crippen molar-refractivity contribution in [2.75, 3.05) is 0 Å². The van der Waals surface area contributed by atoms with Gasteiger partial charge in [0.15, 0.2) is 0 Å². The van der Waals surface area contributed by atoms with Crippen LogP contribution in [-0.2, 0) is 0 Å². The van der Waals surface area contributed by atoms with Gasteiger partial charge < -0.3 is 0 Å². The molecule has 0 spiro atoms. The molecule has 0 bridgehead atoms. The fraction of sp³-hybridized carbons (Fsp3) is 0.100. The molecule has 5 heteroatoms. The van der Waals surface area contributed by atoms with Gasteiger partial charge in [-0.25, -0.2) is 15.0 Å². The number of carbonyl (C=O) groups is 1. The van der Waals surface area contributed by atoms with E-state index in [0.717, 1.165) is 0 Å². The number of nitrogens with zero attached hydrogens (tertiary/aromatic N) is 4. The van der Waals surface area contributed by atoms with E-state index in [1.807, 2.05) is 0 Å². The molecule has 5 nitrogen and oxygen atoms in total. The quantitative estimate of drug-likeness (QED) is 0.671. The van der Waals surface area contributed by atoms with Gasteiger partial charge in [-0.1, -0.05) is 0 Å². The second-order valence-electron chi connectivity index (χ2n) is 2.91. The second-order valence-corrected chi connectivity index (χ2v) is 2.91. The SMILES string of the molecule is Cc1nccc(C(=O)c2cnccn2)n1. The van der Waals surface area contributed by atoms with E-state index in [1.54, 1.807) is 19.2 Å².